The van der Waals surface area contributed by atoms with E-state index in [1.54, 1.807) is 13.0 Å². The van der Waals surface area contributed by atoms with Crippen LogP contribution >= 0.6 is 0 Å². The fourth-order valence-corrected chi connectivity index (χ4v) is 4.18. The van der Waals surface area contributed by atoms with Crippen LogP contribution in [0.15, 0.2) is 12.1 Å². The molecule has 11 heteroatoms. The third-order valence-electron chi connectivity index (χ3n) is 4.53. The average molecular weight is 394 g/mol. The van der Waals surface area contributed by atoms with Crippen molar-refractivity contribution in [2.45, 2.75) is 45.2 Å². The lowest BCUT2D eigenvalue weighted by atomic mass is 9.86. The quantitative estimate of drug-likeness (QED) is 0.735. The fourth-order valence-electron chi connectivity index (χ4n) is 3.34. The highest BCUT2D eigenvalue weighted by molar-refractivity contribution is 7.88. The molecule has 0 unspecified atom stereocenters. The lowest BCUT2D eigenvalue weighted by Crippen LogP contribution is -2.37. The van der Waals surface area contributed by atoms with Gasteiger partial charge in [0.25, 0.3) is 0 Å². The van der Waals surface area contributed by atoms with Crippen LogP contribution in [0, 0.1) is 12.8 Å². The van der Waals surface area contributed by atoms with E-state index in [1.807, 2.05) is 0 Å². The molecule has 0 saturated heterocycles. The van der Waals surface area contributed by atoms with Crippen molar-refractivity contribution in [1.82, 2.24) is 29.9 Å². The zero-order valence-corrected chi connectivity index (χ0v) is 16.0. The highest BCUT2D eigenvalue weighted by Crippen LogP contribution is 2.26. The van der Waals surface area contributed by atoms with Crippen LogP contribution in [0.3, 0.4) is 0 Å². The highest BCUT2D eigenvalue weighted by Gasteiger charge is 2.24. The molecule has 0 aliphatic heterocycles. The number of carboxylic acid groups (broad SMARTS) is 1. The van der Waals surface area contributed by atoms with Crippen LogP contribution in [-0.2, 0) is 16.6 Å². The molecule has 1 saturated carbocycles. The molecule has 2 aromatic rings. The zero-order chi connectivity index (χ0) is 19.6. The molecule has 3 rings (SSSR count). The second-order valence-electron chi connectivity index (χ2n) is 6.96. The molecule has 0 bridgehead atoms. The van der Waals surface area contributed by atoms with Crippen LogP contribution in [0.25, 0.3) is 11.4 Å². The first-order valence-corrected chi connectivity index (χ1v) is 10.6. The third-order valence-corrected chi connectivity index (χ3v) is 5.29. The number of aromatic nitrogens is 5. The summed E-state index contributed by atoms with van der Waals surface area (Å²) < 4.78 is 25.3. The van der Waals surface area contributed by atoms with Gasteiger partial charge in [0.1, 0.15) is 5.69 Å². The van der Waals surface area contributed by atoms with E-state index in [0.29, 0.717) is 29.5 Å². The van der Waals surface area contributed by atoms with Crippen LogP contribution in [0.2, 0.25) is 0 Å². The van der Waals surface area contributed by atoms with Gasteiger partial charge in [-0.15, -0.1) is 10.2 Å². The predicted molar refractivity (Wildman–Crippen MR) is 96.5 cm³/mol. The molecular formula is C16H22N6O4S. The second kappa shape index (κ2) is 7.69. The Labute approximate surface area is 157 Å². The molecule has 146 valence electrons. The average Bonchev–Trinajstić information content (AvgIpc) is 3.03. The Kier molecular flexibility index (Phi) is 5.51. The lowest BCUT2D eigenvalue weighted by molar-refractivity contribution is 0.0690. The van der Waals surface area contributed by atoms with E-state index in [2.05, 4.69) is 25.1 Å². The van der Waals surface area contributed by atoms with Gasteiger partial charge < -0.3 is 5.11 Å². The SMILES string of the molecule is Cc1cc(-c2nnn(C[C@H]3CC[C@H](NS(C)(=O)=O)CC3)n2)cc(C(=O)O)n1. The summed E-state index contributed by atoms with van der Waals surface area (Å²) >= 11 is 0. The minimum absolute atomic E-state index is 0.00949. The summed E-state index contributed by atoms with van der Waals surface area (Å²) in [6.07, 6.45) is 4.50. The van der Waals surface area contributed by atoms with Crippen LogP contribution in [-0.4, -0.2) is 57.0 Å². The van der Waals surface area contributed by atoms with E-state index in [9.17, 15) is 13.2 Å². The summed E-state index contributed by atoms with van der Waals surface area (Å²) in [5, 5.41) is 21.6. The minimum atomic E-state index is -3.18. The second-order valence-corrected chi connectivity index (χ2v) is 8.74. The fraction of sp³-hybridized carbons (Fsp3) is 0.562. The van der Waals surface area contributed by atoms with E-state index >= 15 is 0 Å². The molecule has 1 aliphatic carbocycles. The van der Waals surface area contributed by atoms with Gasteiger partial charge in [0, 0.05) is 17.3 Å². The van der Waals surface area contributed by atoms with Crippen molar-refractivity contribution in [2.24, 2.45) is 5.92 Å². The molecule has 10 nitrogen and oxygen atoms in total. The first-order valence-electron chi connectivity index (χ1n) is 8.67. The number of nitrogens with one attached hydrogen (secondary N) is 1. The Hall–Kier alpha value is -2.40. The van der Waals surface area contributed by atoms with Crippen molar-refractivity contribution in [3.63, 3.8) is 0 Å². The molecule has 2 N–H and O–H groups in total. The first-order chi connectivity index (χ1) is 12.7. The van der Waals surface area contributed by atoms with Gasteiger partial charge in [0.05, 0.1) is 12.8 Å². The number of tetrazole rings is 1. The molecule has 0 spiro atoms. The standard InChI is InChI=1S/C16H22N6O4S/c1-10-7-12(8-14(17-10)16(23)24)15-18-21-22(19-15)9-11-3-5-13(6-4-11)20-27(2,25)26/h7-8,11,13,20H,3-6,9H2,1-2H3,(H,23,24)/t11-,13-. The molecular weight excluding hydrogens is 372 g/mol. The monoisotopic (exact) mass is 394 g/mol. The minimum Gasteiger partial charge on any atom is -0.477 e. The number of hydrogen-bond acceptors (Lipinski definition) is 7. The Balaban J connectivity index is 1.63. The number of sulfonamides is 1. The van der Waals surface area contributed by atoms with Gasteiger partial charge in [-0.1, -0.05) is 0 Å². The van der Waals surface area contributed by atoms with E-state index in [1.165, 1.54) is 17.1 Å². The lowest BCUT2D eigenvalue weighted by Gasteiger charge is -2.27. The van der Waals surface area contributed by atoms with Crippen molar-refractivity contribution in [3.05, 3.63) is 23.5 Å². The van der Waals surface area contributed by atoms with Gasteiger partial charge in [0.2, 0.25) is 15.8 Å². The van der Waals surface area contributed by atoms with E-state index in [4.69, 9.17) is 5.11 Å². The van der Waals surface area contributed by atoms with Crippen LogP contribution < -0.4 is 4.72 Å². The van der Waals surface area contributed by atoms with Gasteiger partial charge in [-0.3, -0.25) is 0 Å². The molecule has 0 radical (unpaired) electrons. The van der Waals surface area contributed by atoms with Gasteiger partial charge in [-0.05, 0) is 55.9 Å². The third kappa shape index (κ3) is 5.30. The number of aryl methyl sites for hydroxylation is 1. The molecule has 0 amide bonds. The number of pyridine rings is 1. The Morgan fingerprint density at radius 1 is 1.30 bits per heavy atom. The van der Waals surface area contributed by atoms with E-state index in [0.717, 1.165) is 25.7 Å². The number of carboxylic acids is 1. The maximum Gasteiger partial charge on any atom is 0.354 e. The molecule has 0 atom stereocenters. The molecule has 0 aromatic carbocycles. The smallest absolute Gasteiger partial charge is 0.354 e. The number of hydrogen-bond donors (Lipinski definition) is 2. The summed E-state index contributed by atoms with van der Waals surface area (Å²) in [6.45, 7) is 2.30. The van der Waals surface area contributed by atoms with Gasteiger partial charge in [-0.2, -0.15) is 4.80 Å². The number of rotatable bonds is 6. The predicted octanol–water partition coefficient (Wildman–Crippen LogP) is 0.850. The molecule has 1 fully saturated rings. The number of nitrogens with zero attached hydrogens (tertiary/aromatic N) is 5. The zero-order valence-electron chi connectivity index (χ0n) is 15.2. The van der Waals surface area contributed by atoms with Crippen molar-refractivity contribution in [1.29, 1.82) is 0 Å². The summed E-state index contributed by atoms with van der Waals surface area (Å²) in [4.78, 5) is 16.6. The molecule has 27 heavy (non-hydrogen) atoms. The van der Waals surface area contributed by atoms with Gasteiger partial charge in [0.15, 0.2) is 0 Å². The highest BCUT2D eigenvalue weighted by atomic mass is 32.2. The number of aromatic carboxylic acids is 1. The van der Waals surface area contributed by atoms with Crippen molar-refractivity contribution < 1.29 is 18.3 Å². The molecule has 2 aromatic heterocycles. The summed E-state index contributed by atoms with van der Waals surface area (Å²) in [5.41, 5.74) is 1.07. The summed E-state index contributed by atoms with van der Waals surface area (Å²) in [7, 11) is -3.18. The normalized spacial score (nSPS) is 20.5. The van der Waals surface area contributed by atoms with Crippen LogP contribution in [0.4, 0.5) is 0 Å². The summed E-state index contributed by atoms with van der Waals surface area (Å²) in [5.74, 6) is -0.402. The summed E-state index contributed by atoms with van der Waals surface area (Å²) in [6, 6.07) is 3.14. The maximum atomic E-state index is 11.3. The Morgan fingerprint density at radius 3 is 2.63 bits per heavy atom. The Bertz CT molecular complexity index is 934. The Morgan fingerprint density at radius 2 is 2.00 bits per heavy atom. The van der Waals surface area contributed by atoms with E-state index in [-0.39, 0.29) is 11.7 Å². The molecule has 1 aliphatic rings. The topological polar surface area (TPSA) is 140 Å². The van der Waals surface area contributed by atoms with Crippen molar-refractivity contribution >= 4 is 16.0 Å². The largest absolute Gasteiger partial charge is 0.477 e. The first kappa shape index (κ1) is 19.4. The van der Waals surface area contributed by atoms with E-state index < -0.39 is 16.0 Å². The number of carbonyl (C=O) groups is 1. The molecule has 2 heterocycles. The van der Waals surface area contributed by atoms with Crippen molar-refractivity contribution in [3.8, 4) is 11.4 Å². The van der Waals surface area contributed by atoms with Gasteiger partial charge in [-0.25, -0.2) is 22.9 Å². The van der Waals surface area contributed by atoms with Crippen molar-refractivity contribution in [2.75, 3.05) is 6.26 Å². The van der Waals surface area contributed by atoms with Crippen LogP contribution in [0.5, 0.6) is 0 Å². The maximum absolute atomic E-state index is 11.3. The van der Waals surface area contributed by atoms with Crippen LogP contribution in [0.1, 0.15) is 41.9 Å². The van der Waals surface area contributed by atoms with Gasteiger partial charge >= 0.3 is 5.97 Å².